The Hall–Kier alpha value is -0.240. The van der Waals surface area contributed by atoms with E-state index in [4.69, 9.17) is 9.47 Å². The van der Waals surface area contributed by atoms with Crippen LogP contribution < -0.4 is 4.74 Å². The van der Waals surface area contributed by atoms with Crippen molar-refractivity contribution in [3.8, 4) is 5.75 Å². The van der Waals surface area contributed by atoms with Crippen LogP contribution in [-0.2, 0) is 4.74 Å². The third-order valence-corrected chi connectivity index (χ3v) is 5.79. The Kier molecular flexibility index (Phi) is 6.85. The Morgan fingerprint density at radius 2 is 2.00 bits per heavy atom. The maximum Gasteiger partial charge on any atom is 0.202 e. The second-order valence-electron chi connectivity index (χ2n) is 5.86. The summed E-state index contributed by atoms with van der Waals surface area (Å²) in [6.45, 7) is 5.28. The van der Waals surface area contributed by atoms with Gasteiger partial charge < -0.3 is 9.47 Å². The van der Waals surface area contributed by atoms with Crippen LogP contribution in [0.1, 0.15) is 44.3 Å². The predicted octanol–water partition coefficient (Wildman–Crippen LogP) is 4.71. The monoisotopic (exact) mass is 326 g/mol. The van der Waals surface area contributed by atoms with E-state index in [0.29, 0.717) is 17.5 Å². The number of rotatable bonds is 6. The summed E-state index contributed by atoms with van der Waals surface area (Å²) >= 11 is 4.33. The summed E-state index contributed by atoms with van der Waals surface area (Å²) in [5.74, 6) is 2.90. The molecule has 1 fully saturated rings. The van der Waals surface area contributed by atoms with Crippen LogP contribution >= 0.6 is 21.9 Å². The lowest BCUT2D eigenvalue weighted by atomic mass is 9.88. The van der Waals surface area contributed by atoms with E-state index in [1.54, 1.807) is 0 Å². The molecule has 0 spiro atoms. The lowest BCUT2D eigenvalue weighted by molar-refractivity contribution is -0.160. The first-order valence-corrected chi connectivity index (χ1v) is 9.22. The molecule has 2 nitrogen and oxygen atoms in total. The molecule has 0 saturated carbocycles. The minimum absolute atomic E-state index is 0.0969. The summed E-state index contributed by atoms with van der Waals surface area (Å²) in [4.78, 5) is 0. The van der Waals surface area contributed by atoms with Crippen LogP contribution in [-0.4, -0.2) is 18.6 Å². The Morgan fingerprint density at radius 1 is 1.29 bits per heavy atom. The fraction of sp³-hybridized carbons (Fsp3) is 0.647. The van der Waals surface area contributed by atoms with Gasteiger partial charge >= 0.3 is 0 Å². The summed E-state index contributed by atoms with van der Waals surface area (Å²) in [5, 5.41) is 0. The van der Waals surface area contributed by atoms with E-state index in [9.17, 15) is 0 Å². The molecule has 0 radical (unpaired) electrons. The zero-order valence-electron chi connectivity index (χ0n) is 13.0. The Balaban J connectivity index is 1.97. The molecule has 2 rings (SSSR count). The fourth-order valence-corrected chi connectivity index (χ4v) is 3.21. The summed E-state index contributed by atoms with van der Waals surface area (Å²) in [6, 6.07) is 8.30. The molecule has 0 N–H and O–H groups in total. The van der Waals surface area contributed by atoms with Crippen LogP contribution in [0.5, 0.6) is 5.75 Å². The van der Waals surface area contributed by atoms with Gasteiger partial charge in [-0.25, -0.2) is 0 Å². The SMILES string of the molecule is CCC1COC(Oc2ccc(C(P)CS)cc2)C(CC)C1. The van der Waals surface area contributed by atoms with Crippen molar-refractivity contribution < 1.29 is 9.47 Å². The van der Waals surface area contributed by atoms with Crippen molar-refractivity contribution in [2.45, 2.75) is 45.1 Å². The number of benzene rings is 1. The van der Waals surface area contributed by atoms with Crippen molar-refractivity contribution in [2.24, 2.45) is 11.8 Å². The van der Waals surface area contributed by atoms with E-state index in [2.05, 4.69) is 47.8 Å². The molecule has 4 heteroatoms. The number of hydrogen-bond acceptors (Lipinski definition) is 3. The van der Waals surface area contributed by atoms with Crippen LogP contribution in [0, 0.1) is 11.8 Å². The minimum atomic E-state index is -0.0969. The van der Waals surface area contributed by atoms with Gasteiger partial charge in [-0.1, -0.05) is 32.4 Å². The average molecular weight is 326 g/mol. The van der Waals surface area contributed by atoms with Crippen LogP contribution in [0.15, 0.2) is 24.3 Å². The highest BCUT2D eigenvalue weighted by atomic mass is 32.1. The molecular weight excluding hydrogens is 299 g/mol. The van der Waals surface area contributed by atoms with Gasteiger partial charge in [0.25, 0.3) is 0 Å². The van der Waals surface area contributed by atoms with Gasteiger partial charge in [0.2, 0.25) is 6.29 Å². The van der Waals surface area contributed by atoms with Crippen LogP contribution in [0.3, 0.4) is 0 Å². The molecule has 5 atom stereocenters. The second kappa shape index (κ2) is 8.41. The summed E-state index contributed by atoms with van der Waals surface area (Å²) in [6.07, 6.45) is 3.41. The Morgan fingerprint density at radius 3 is 2.57 bits per heavy atom. The fourth-order valence-electron chi connectivity index (χ4n) is 2.78. The molecule has 1 aromatic rings. The molecule has 1 aliphatic heterocycles. The molecule has 21 heavy (non-hydrogen) atoms. The molecule has 0 aromatic heterocycles. The summed E-state index contributed by atoms with van der Waals surface area (Å²) in [7, 11) is 2.81. The van der Waals surface area contributed by atoms with E-state index < -0.39 is 0 Å². The lowest BCUT2D eigenvalue weighted by Crippen LogP contribution is -2.38. The molecule has 1 saturated heterocycles. The molecule has 5 unspecified atom stereocenters. The van der Waals surface area contributed by atoms with Gasteiger partial charge in [0.1, 0.15) is 5.75 Å². The first-order chi connectivity index (χ1) is 10.2. The topological polar surface area (TPSA) is 18.5 Å². The van der Waals surface area contributed by atoms with Gasteiger partial charge in [0.05, 0.1) is 6.61 Å². The van der Waals surface area contributed by atoms with Gasteiger partial charge in [-0.05, 0) is 36.5 Å². The Bertz CT molecular complexity index is 423. The smallest absolute Gasteiger partial charge is 0.202 e. The largest absolute Gasteiger partial charge is 0.465 e. The van der Waals surface area contributed by atoms with Gasteiger partial charge in [0, 0.05) is 17.3 Å². The zero-order chi connectivity index (χ0) is 15.2. The molecule has 1 heterocycles. The first-order valence-electron chi connectivity index (χ1n) is 7.92. The highest BCUT2D eigenvalue weighted by molar-refractivity contribution is 7.80. The van der Waals surface area contributed by atoms with Crippen molar-refractivity contribution in [1.82, 2.24) is 0 Å². The van der Waals surface area contributed by atoms with Crippen LogP contribution in [0.25, 0.3) is 0 Å². The van der Waals surface area contributed by atoms with Crippen LogP contribution in [0.4, 0.5) is 0 Å². The van der Waals surface area contributed by atoms with Gasteiger partial charge in [-0.3, -0.25) is 0 Å². The van der Waals surface area contributed by atoms with Gasteiger partial charge in [0.15, 0.2) is 0 Å². The van der Waals surface area contributed by atoms with Crippen molar-refractivity contribution in [3.05, 3.63) is 29.8 Å². The zero-order valence-corrected chi connectivity index (χ0v) is 15.0. The molecular formula is C17H27O2PS. The molecule has 0 bridgehead atoms. The maximum absolute atomic E-state index is 6.07. The number of ether oxygens (including phenoxy) is 2. The molecule has 1 aliphatic rings. The van der Waals surface area contributed by atoms with E-state index in [1.165, 1.54) is 18.4 Å². The normalized spacial score (nSPS) is 27.3. The van der Waals surface area contributed by atoms with Crippen molar-refractivity contribution in [2.75, 3.05) is 12.4 Å². The van der Waals surface area contributed by atoms with E-state index in [1.807, 2.05) is 12.1 Å². The summed E-state index contributed by atoms with van der Waals surface area (Å²) < 4.78 is 12.0. The van der Waals surface area contributed by atoms with E-state index in [-0.39, 0.29) is 6.29 Å². The van der Waals surface area contributed by atoms with Crippen molar-refractivity contribution >= 4 is 21.9 Å². The third-order valence-electron chi connectivity index (χ3n) is 4.38. The van der Waals surface area contributed by atoms with E-state index in [0.717, 1.165) is 24.5 Å². The third kappa shape index (κ3) is 4.61. The lowest BCUT2D eigenvalue weighted by Gasteiger charge is -2.35. The highest BCUT2D eigenvalue weighted by Gasteiger charge is 2.30. The molecule has 0 amide bonds. The van der Waals surface area contributed by atoms with Crippen LogP contribution in [0.2, 0.25) is 0 Å². The predicted molar refractivity (Wildman–Crippen MR) is 95.3 cm³/mol. The number of hydrogen-bond donors (Lipinski definition) is 1. The second-order valence-corrected chi connectivity index (χ2v) is 7.03. The van der Waals surface area contributed by atoms with Gasteiger partial charge in [-0.15, -0.1) is 9.24 Å². The van der Waals surface area contributed by atoms with Gasteiger partial charge in [-0.2, -0.15) is 12.6 Å². The van der Waals surface area contributed by atoms with E-state index >= 15 is 0 Å². The molecule has 0 aliphatic carbocycles. The Labute approximate surface area is 136 Å². The van der Waals surface area contributed by atoms with Crippen molar-refractivity contribution in [1.29, 1.82) is 0 Å². The standard InChI is InChI=1S/C17H27O2PS/c1-3-12-9-13(4-2)17(18-10-12)19-15-7-5-14(6-8-15)16(20)11-21/h5-8,12-13,16-17,21H,3-4,9-11,20H2,1-2H3. The number of thiol groups is 1. The first kappa shape index (κ1) is 17.1. The summed E-state index contributed by atoms with van der Waals surface area (Å²) in [5.41, 5.74) is 1.66. The molecule has 118 valence electrons. The van der Waals surface area contributed by atoms with Crippen molar-refractivity contribution in [3.63, 3.8) is 0 Å². The quantitative estimate of drug-likeness (QED) is 0.603. The maximum atomic E-state index is 6.07. The molecule has 1 aromatic carbocycles. The average Bonchev–Trinajstić information content (AvgIpc) is 2.55. The minimum Gasteiger partial charge on any atom is -0.465 e. The highest BCUT2D eigenvalue weighted by Crippen LogP contribution is 2.32.